The van der Waals surface area contributed by atoms with E-state index in [4.69, 9.17) is 24.6 Å². The van der Waals surface area contributed by atoms with Gasteiger partial charge in [-0.3, -0.25) is 14.2 Å². The molecule has 0 unspecified atom stereocenters. The molecule has 0 aliphatic heterocycles. The molecule has 0 radical (unpaired) electrons. The molecule has 0 spiro atoms. The molecule has 0 amide bonds. The van der Waals surface area contributed by atoms with Crippen LogP contribution < -0.4 is 16.4 Å². The third-order valence-corrected chi connectivity index (χ3v) is 8.69. The molecule has 2 aromatic carbocycles. The monoisotopic (exact) mass is 853 g/mol. The summed E-state index contributed by atoms with van der Waals surface area (Å²) in [6, 6.07) is 19.3. The fourth-order valence-corrected chi connectivity index (χ4v) is 5.77. The van der Waals surface area contributed by atoms with Gasteiger partial charge in [-0.25, -0.2) is 37.5 Å². The van der Waals surface area contributed by atoms with E-state index in [-0.39, 0.29) is 80.9 Å². The van der Waals surface area contributed by atoms with E-state index in [1.165, 1.54) is 29.3 Å². The molecule has 0 atom stereocenters. The zero-order chi connectivity index (χ0) is 43.4. The second-order valence-corrected chi connectivity index (χ2v) is 12.9. The summed E-state index contributed by atoms with van der Waals surface area (Å²) in [7, 11) is 0. The van der Waals surface area contributed by atoms with Crippen LogP contribution >= 0.6 is 0 Å². The summed E-state index contributed by atoms with van der Waals surface area (Å²) in [4.78, 5) is 27.4. The maximum atomic E-state index is 14.2. The largest absolute Gasteiger partial charge is 0.463 e. The zero-order valence-corrected chi connectivity index (χ0v) is 32.3. The van der Waals surface area contributed by atoms with Gasteiger partial charge in [0.05, 0.1) is 56.6 Å². The highest BCUT2D eigenvalue weighted by Crippen LogP contribution is 2.28. The van der Waals surface area contributed by atoms with Crippen molar-refractivity contribution < 1.29 is 41.2 Å². The number of aromatic nitrogens is 10. The Morgan fingerprint density at radius 2 is 1.16 bits per heavy atom. The van der Waals surface area contributed by atoms with Crippen molar-refractivity contribution in [2.75, 3.05) is 43.5 Å². The van der Waals surface area contributed by atoms with Gasteiger partial charge in [-0.15, -0.1) is 0 Å². The summed E-state index contributed by atoms with van der Waals surface area (Å²) in [5, 5.41) is 31.1. The van der Waals surface area contributed by atoms with E-state index in [1.807, 2.05) is 0 Å². The van der Waals surface area contributed by atoms with E-state index in [2.05, 4.69) is 51.1 Å². The number of esters is 1. The molecule has 0 aliphatic rings. The van der Waals surface area contributed by atoms with Crippen molar-refractivity contribution in [3.8, 4) is 45.8 Å². The molecule has 22 heteroatoms. The van der Waals surface area contributed by atoms with Gasteiger partial charge in [0, 0.05) is 29.8 Å². The van der Waals surface area contributed by atoms with Gasteiger partial charge in [0.2, 0.25) is 0 Å². The molecule has 0 saturated carbocycles. The maximum absolute atomic E-state index is 14.2. The van der Waals surface area contributed by atoms with Crippen LogP contribution in [0.2, 0.25) is 0 Å². The molecule has 8 rings (SSSR count). The molecule has 5 N–H and O–H groups in total. The Kier molecular flexibility index (Phi) is 13.6. The Bertz CT molecular complexity index is 2730. The number of hydrogen-bond acceptors (Lipinski definition) is 16. The Morgan fingerprint density at radius 1 is 0.677 bits per heavy atom. The van der Waals surface area contributed by atoms with E-state index < -0.39 is 17.6 Å². The summed E-state index contributed by atoms with van der Waals surface area (Å²) in [6.45, 7) is 0.0911. The number of aliphatic hydroxyl groups excluding tert-OH is 1. The van der Waals surface area contributed by atoms with Gasteiger partial charge < -0.3 is 35.3 Å². The number of ether oxygens (including phenoxy) is 1. The first kappa shape index (κ1) is 42.3. The fraction of sp³-hybridized carbons (Fsp3) is 0.175. The van der Waals surface area contributed by atoms with Gasteiger partial charge in [0.15, 0.2) is 34.9 Å². The lowest BCUT2D eigenvalue weighted by Gasteiger charge is -2.08. The average molecular weight is 854 g/mol. The number of halogens is 4. The van der Waals surface area contributed by atoms with Crippen molar-refractivity contribution in [1.29, 1.82) is 0 Å². The maximum Gasteiger partial charge on any atom is 0.319 e. The first-order valence-corrected chi connectivity index (χ1v) is 18.6. The van der Waals surface area contributed by atoms with Crippen LogP contribution in [0, 0.1) is 23.3 Å². The predicted molar refractivity (Wildman–Crippen MR) is 212 cm³/mol. The van der Waals surface area contributed by atoms with Gasteiger partial charge in [-0.2, -0.15) is 10.2 Å². The van der Waals surface area contributed by atoms with Crippen LogP contribution in [-0.2, 0) is 22.6 Å². The molecule has 18 nitrogen and oxygen atoms in total. The van der Waals surface area contributed by atoms with Crippen LogP contribution in [0.4, 0.5) is 29.2 Å². The van der Waals surface area contributed by atoms with Crippen LogP contribution in [0.3, 0.4) is 0 Å². The average Bonchev–Trinajstić information content (AvgIpc) is 4.13. The SMILES string of the molecule is NCC(=O)OCCNc1nc(-c2cc(-c3ccon3)n(Cc3ccccc3F)n2)ncc1F.OCCNc1nc(-c2cc(-c3ccon3)n(Cc3ccccc3F)n2)ncc1F. The van der Waals surface area contributed by atoms with Crippen LogP contribution in [0.1, 0.15) is 11.1 Å². The summed E-state index contributed by atoms with van der Waals surface area (Å²) in [5.41, 5.74) is 8.79. The van der Waals surface area contributed by atoms with E-state index in [0.717, 1.165) is 12.4 Å². The van der Waals surface area contributed by atoms with Crippen molar-refractivity contribution in [2.45, 2.75) is 13.1 Å². The summed E-state index contributed by atoms with van der Waals surface area (Å²) in [6.07, 6.45) is 4.85. The standard InChI is InChI=1S/C21H19F2N7O3.C19H16F2N6O2/c22-14-4-2-1-3-13(14)12-30-18(16-5-7-33-29-16)9-17(28-30)21-26-11-15(23)20(27-21)25-6-8-32-19(31)10-24;20-13-4-2-1-3-12(13)11-27-17(15-5-8-29-26-15)9-16(25-27)19-23-10-14(21)18(24-19)22-6-7-28/h1-5,7,9,11H,6,8,10,12,24H2,(H,25,26,27);1-5,8-10,28H,6-7,11H2,(H,22,23,24). The molecule has 0 fully saturated rings. The van der Waals surface area contributed by atoms with Gasteiger partial charge in [0.1, 0.15) is 53.5 Å². The lowest BCUT2D eigenvalue weighted by molar-refractivity contribution is -0.141. The molecule has 6 heterocycles. The van der Waals surface area contributed by atoms with E-state index in [1.54, 1.807) is 65.3 Å². The third kappa shape index (κ3) is 10.3. The second kappa shape index (κ2) is 19.9. The number of nitrogens with one attached hydrogen (secondary N) is 2. The van der Waals surface area contributed by atoms with Crippen molar-refractivity contribution >= 4 is 17.6 Å². The predicted octanol–water partition coefficient (Wildman–Crippen LogP) is 4.96. The molecular formula is C40H35F4N13O5. The Balaban J connectivity index is 0.000000188. The fourth-order valence-electron chi connectivity index (χ4n) is 5.77. The Hall–Kier alpha value is -7.85. The first-order valence-electron chi connectivity index (χ1n) is 18.6. The number of carbonyl (C=O) groups is 1. The number of anilines is 2. The number of rotatable bonds is 16. The van der Waals surface area contributed by atoms with Crippen LogP contribution in [0.25, 0.3) is 45.8 Å². The highest BCUT2D eigenvalue weighted by Gasteiger charge is 2.20. The molecule has 62 heavy (non-hydrogen) atoms. The summed E-state index contributed by atoms with van der Waals surface area (Å²) < 4.78 is 74.2. The minimum absolute atomic E-state index is 0.0115. The minimum atomic E-state index is -0.689. The smallest absolute Gasteiger partial charge is 0.319 e. The van der Waals surface area contributed by atoms with Crippen molar-refractivity contribution in [1.82, 2.24) is 49.8 Å². The zero-order valence-electron chi connectivity index (χ0n) is 32.3. The normalized spacial score (nSPS) is 10.9. The van der Waals surface area contributed by atoms with E-state index >= 15 is 0 Å². The number of carbonyl (C=O) groups excluding carboxylic acids is 1. The topological polar surface area (TPSA) is 236 Å². The lowest BCUT2D eigenvalue weighted by atomic mass is 10.2. The third-order valence-electron chi connectivity index (χ3n) is 8.69. The quantitative estimate of drug-likeness (QED) is 0.0571. The molecule has 0 bridgehead atoms. The number of hydrogen-bond donors (Lipinski definition) is 4. The molecule has 0 saturated heterocycles. The van der Waals surface area contributed by atoms with Gasteiger partial charge >= 0.3 is 5.97 Å². The van der Waals surface area contributed by atoms with E-state index in [0.29, 0.717) is 45.3 Å². The number of aliphatic hydroxyl groups is 1. The number of benzene rings is 2. The second-order valence-electron chi connectivity index (χ2n) is 12.9. The van der Waals surface area contributed by atoms with Gasteiger partial charge in [-0.05, 0) is 24.3 Å². The number of nitrogens with two attached hydrogens (primary N) is 1. The van der Waals surface area contributed by atoms with Crippen LogP contribution in [0.5, 0.6) is 0 Å². The van der Waals surface area contributed by atoms with Gasteiger partial charge in [-0.1, -0.05) is 46.7 Å². The van der Waals surface area contributed by atoms with Gasteiger partial charge in [0.25, 0.3) is 0 Å². The van der Waals surface area contributed by atoms with E-state index in [9.17, 15) is 22.4 Å². The van der Waals surface area contributed by atoms with Crippen LogP contribution in [0.15, 0.2) is 107 Å². The highest BCUT2D eigenvalue weighted by atomic mass is 19.1. The van der Waals surface area contributed by atoms with Crippen molar-refractivity contribution in [2.24, 2.45) is 5.73 Å². The molecular weight excluding hydrogens is 819 g/mol. The Labute approximate surface area is 348 Å². The Morgan fingerprint density at radius 3 is 1.60 bits per heavy atom. The van der Waals surface area contributed by atoms with Crippen molar-refractivity contribution in [3.63, 3.8) is 0 Å². The summed E-state index contributed by atoms with van der Waals surface area (Å²) >= 11 is 0. The lowest BCUT2D eigenvalue weighted by Crippen LogP contribution is -2.20. The molecule has 318 valence electrons. The molecule has 8 aromatic rings. The number of nitrogens with zero attached hydrogens (tertiary/aromatic N) is 10. The summed E-state index contributed by atoms with van der Waals surface area (Å²) in [5.74, 6) is -2.47. The highest BCUT2D eigenvalue weighted by molar-refractivity contribution is 5.71. The van der Waals surface area contributed by atoms with Crippen LogP contribution in [-0.4, -0.2) is 93.7 Å². The van der Waals surface area contributed by atoms with Crippen molar-refractivity contribution in [3.05, 3.63) is 132 Å². The molecule has 0 aliphatic carbocycles. The molecule has 6 aromatic heterocycles. The minimum Gasteiger partial charge on any atom is -0.463 e. The first-order chi connectivity index (χ1) is 30.2.